The van der Waals surface area contributed by atoms with E-state index >= 15 is 0 Å². The molecule has 0 radical (unpaired) electrons. The summed E-state index contributed by atoms with van der Waals surface area (Å²) in [7, 11) is 0. The lowest BCUT2D eigenvalue weighted by atomic mass is 9.83. The van der Waals surface area contributed by atoms with Gasteiger partial charge in [0, 0.05) is 25.0 Å². The van der Waals surface area contributed by atoms with Crippen molar-refractivity contribution in [1.82, 2.24) is 10.6 Å². The molecule has 0 bridgehead atoms. The highest BCUT2D eigenvalue weighted by atomic mass is 16.2. The second-order valence-corrected chi connectivity index (χ2v) is 7.13. The van der Waals surface area contributed by atoms with Crippen LogP contribution in [-0.4, -0.2) is 24.5 Å². The lowest BCUT2D eigenvalue weighted by molar-refractivity contribution is -0.119. The lowest BCUT2D eigenvalue weighted by Crippen LogP contribution is -2.48. The molecule has 3 heteroatoms. The maximum Gasteiger partial charge on any atom is 0.220 e. The number of rotatable bonds is 3. The van der Waals surface area contributed by atoms with E-state index in [2.05, 4.69) is 38.3 Å². The van der Waals surface area contributed by atoms with E-state index in [0.717, 1.165) is 6.54 Å². The van der Waals surface area contributed by atoms with Crippen molar-refractivity contribution < 1.29 is 4.79 Å². The molecule has 1 aliphatic heterocycles. The zero-order chi connectivity index (χ0) is 12.7. The molecule has 3 nitrogen and oxygen atoms in total. The first-order chi connectivity index (χ1) is 7.81. The fourth-order valence-corrected chi connectivity index (χ4v) is 3.27. The molecule has 1 saturated heterocycles. The van der Waals surface area contributed by atoms with E-state index in [1.165, 1.54) is 19.3 Å². The van der Waals surface area contributed by atoms with Crippen LogP contribution >= 0.6 is 0 Å². The smallest absolute Gasteiger partial charge is 0.220 e. The van der Waals surface area contributed by atoms with Crippen molar-refractivity contribution >= 4 is 5.91 Å². The van der Waals surface area contributed by atoms with Crippen LogP contribution in [0.4, 0.5) is 0 Å². The van der Waals surface area contributed by atoms with Crippen LogP contribution in [0.2, 0.25) is 0 Å². The second kappa shape index (κ2) is 4.27. The van der Waals surface area contributed by atoms with Crippen molar-refractivity contribution in [2.75, 3.05) is 6.54 Å². The Morgan fingerprint density at radius 3 is 2.47 bits per heavy atom. The quantitative estimate of drug-likeness (QED) is 0.790. The first-order valence-corrected chi connectivity index (χ1v) is 6.84. The molecule has 0 aromatic rings. The molecule has 2 fully saturated rings. The molecule has 17 heavy (non-hydrogen) atoms. The minimum atomic E-state index is 0.0901. The minimum Gasteiger partial charge on any atom is -0.352 e. The second-order valence-electron chi connectivity index (χ2n) is 7.13. The molecule has 0 aromatic carbocycles. The standard InChI is InChI=1S/C14H26N2O/c1-13(2)7-5-6-10(13)15-9-11-14(3,4)8-12(17)16-11/h10-11,15H,5-9H2,1-4H3,(H,16,17). The van der Waals surface area contributed by atoms with Crippen LogP contribution < -0.4 is 10.6 Å². The lowest BCUT2D eigenvalue weighted by Gasteiger charge is -2.32. The van der Waals surface area contributed by atoms with E-state index in [0.29, 0.717) is 17.9 Å². The highest BCUT2D eigenvalue weighted by Gasteiger charge is 2.40. The van der Waals surface area contributed by atoms with Crippen LogP contribution in [0.3, 0.4) is 0 Å². The van der Waals surface area contributed by atoms with Crippen LogP contribution in [0, 0.1) is 10.8 Å². The summed E-state index contributed by atoms with van der Waals surface area (Å²) in [5.74, 6) is 0.201. The molecule has 2 rings (SSSR count). The van der Waals surface area contributed by atoms with Crippen molar-refractivity contribution in [2.24, 2.45) is 10.8 Å². The average molecular weight is 238 g/mol. The van der Waals surface area contributed by atoms with E-state index in [1.807, 2.05) is 0 Å². The molecule has 0 aromatic heterocycles. The van der Waals surface area contributed by atoms with E-state index < -0.39 is 0 Å². The Kier molecular flexibility index (Phi) is 3.23. The summed E-state index contributed by atoms with van der Waals surface area (Å²) >= 11 is 0. The van der Waals surface area contributed by atoms with Crippen LogP contribution in [0.5, 0.6) is 0 Å². The predicted octanol–water partition coefficient (Wildman–Crippen LogP) is 2.07. The topological polar surface area (TPSA) is 41.1 Å². The Morgan fingerprint density at radius 2 is 2.00 bits per heavy atom. The van der Waals surface area contributed by atoms with Gasteiger partial charge in [-0.2, -0.15) is 0 Å². The Balaban J connectivity index is 1.88. The normalized spacial score (nSPS) is 34.9. The molecule has 2 atom stereocenters. The van der Waals surface area contributed by atoms with E-state index in [4.69, 9.17) is 0 Å². The molecular formula is C14H26N2O. The van der Waals surface area contributed by atoms with Gasteiger partial charge in [-0.25, -0.2) is 0 Å². The number of nitrogens with one attached hydrogen (secondary N) is 2. The van der Waals surface area contributed by atoms with Crippen LogP contribution in [0.15, 0.2) is 0 Å². The maximum absolute atomic E-state index is 11.5. The summed E-state index contributed by atoms with van der Waals surface area (Å²) < 4.78 is 0. The minimum absolute atomic E-state index is 0.0901. The summed E-state index contributed by atoms with van der Waals surface area (Å²) in [6.45, 7) is 9.95. The highest BCUT2D eigenvalue weighted by molar-refractivity contribution is 5.79. The molecule has 1 saturated carbocycles. The number of carbonyl (C=O) groups excluding carboxylic acids is 1. The van der Waals surface area contributed by atoms with Crippen molar-refractivity contribution in [3.8, 4) is 0 Å². The highest BCUT2D eigenvalue weighted by Crippen LogP contribution is 2.37. The fraction of sp³-hybridized carbons (Fsp3) is 0.929. The van der Waals surface area contributed by atoms with Crippen molar-refractivity contribution in [3.63, 3.8) is 0 Å². The van der Waals surface area contributed by atoms with E-state index in [9.17, 15) is 4.79 Å². The Labute approximate surface area is 105 Å². The van der Waals surface area contributed by atoms with Crippen molar-refractivity contribution in [1.29, 1.82) is 0 Å². The summed E-state index contributed by atoms with van der Waals surface area (Å²) in [6, 6.07) is 0.891. The molecule has 2 aliphatic rings. The van der Waals surface area contributed by atoms with Gasteiger partial charge in [0.25, 0.3) is 0 Å². The third-order valence-corrected chi connectivity index (χ3v) is 4.72. The molecule has 98 valence electrons. The molecular weight excluding hydrogens is 212 g/mol. The largest absolute Gasteiger partial charge is 0.352 e. The van der Waals surface area contributed by atoms with Gasteiger partial charge in [-0.05, 0) is 23.7 Å². The Hall–Kier alpha value is -0.570. The molecule has 1 aliphatic carbocycles. The van der Waals surface area contributed by atoms with Crippen molar-refractivity contribution in [2.45, 2.75) is 65.5 Å². The summed E-state index contributed by atoms with van der Waals surface area (Å²) in [4.78, 5) is 11.5. The van der Waals surface area contributed by atoms with Gasteiger partial charge in [-0.3, -0.25) is 4.79 Å². The zero-order valence-corrected chi connectivity index (χ0v) is 11.6. The van der Waals surface area contributed by atoms with Gasteiger partial charge in [0.2, 0.25) is 5.91 Å². The number of carbonyl (C=O) groups is 1. The van der Waals surface area contributed by atoms with E-state index in [-0.39, 0.29) is 17.4 Å². The number of hydrogen-bond acceptors (Lipinski definition) is 2. The SMILES string of the molecule is CC1(C)CCCC1NCC1NC(=O)CC1(C)C. The fourth-order valence-electron chi connectivity index (χ4n) is 3.27. The maximum atomic E-state index is 11.5. The van der Waals surface area contributed by atoms with Crippen LogP contribution in [0.25, 0.3) is 0 Å². The van der Waals surface area contributed by atoms with Gasteiger partial charge in [-0.15, -0.1) is 0 Å². The van der Waals surface area contributed by atoms with Gasteiger partial charge in [0.05, 0.1) is 0 Å². The summed E-state index contributed by atoms with van der Waals surface area (Å²) in [5, 5.41) is 6.77. The number of hydrogen-bond donors (Lipinski definition) is 2. The van der Waals surface area contributed by atoms with Crippen molar-refractivity contribution in [3.05, 3.63) is 0 Å². The molecule has 2 unspecified atom stereocenters. The van der Waals surface area contributed by atoms with Gasteiger partial charge < -0.3 is 10.6 Å². The number of amides is 1. The third-order valence-electron chi connectivity index (χ3n) is 4.72. The summed E-state index contributed by atoms with van der Waals surface area (Å²) in [5.41, 5.74) is 0.500. The molecule has 1 heterocycles. The molecule has 2 N–H and O–H groups in total. The van der Waals surface area contributed by atoms with Gasteiger partial charge in [0.15, 0.2) is 0 Å². The van der Waals surface area contributed by atoms with Crippen LogP contribution in [0.1, 0.15) is 53.4 Å². The predicted molar refractivity (Wildman–Crippen MR) is 69.8 cm³/mol. The van der Waals surface area contributed by atoms with Gasteiger partial charge >= 0.3 is 0 Å². The van der Waals surface area contributed by atoms with Gasteiger partial charge in [-0.1, -0.05) is 34.1 Å². The first kappa shape index (κ1) is 12.9. The van der Waals surface area contributed by atoms with Crippen LogP contribution in [-0.2, 0) is 4.79 Å². The Morgan fingerprint density at radius 1 is 1.29 bits per heavy atom. The van der Waals surface area contributed by atoms with Gasteiger partial charge in [0.1, 0.15) is 0 Å². The molecule has 1 amide bonds. The average Bonchev–Trinajstić information content (AvgIpc) is 2.62. The zero-order valence-electron chi connectivity index (χ0n) is 11.6. The van der Waals surface area contributed by atoms with E-state index in [1.54, 1.807) is 0 Å². The monoisotopic (exact) mass is 238 g/mol. The third kappa shape index (κ3) is 2.65. The summed E-state index contributed by atoms with van der Waals surface area (Å²) in [6.07, 6.45) is 4.57. The first-order valence-electron chi connectivity index (χ1n) is 6.84. The Bertz CT molecular complexity index is 309. The molecule has 0 spiro atoms.